The number of nitrogens with zero attached hydrogens (tertiary/aromatic N) is 2. The summed E-state index contributed by atoms with van der Waals surface area (Å²) in [5.74, 6) is 1.91. The summed E-state index contributed by atoms with van der Waals surface area (Å²) in [5.41, 5.74) is 2.39. The lowest BCUT2D eigenvalue weighted by Crippen LogP contribution is -2.35. The maximum absolute atomic E-state index is 5.40. The molecular formula is C17H25N3O. The molecule has 0 saturated carbocycles. The van der Waals surface area contributed by atoms with E-state index in [0.717, 1.165) is 30.4 Å². The predicted molar refractivity (Wildman–Crippen MR) is 86.4 cm³/mol. The van der Waals surface area contributed by atoms with Crippen molar-refractivity contribution in [3.8, 4) is 0 Å². The average molecular weight is 287 g/mol. The summed E-state index contributed by atoms with van der Waals surface area (Å²) < 4.78 is 5.40. The van der Waals surface area contributed by atoms with E-state index in [0.29, 0.717) is 0 Å². The molecule has 114 valence electrons. The monoisotopic (exact) mass is 287 g/mol. The van der Waals surface area contributed by atoms with Gasteiger partial charge in [0.2, 0.25) is 0 Å². The largest absolute Gasteiger partial charge is 0.467 e. The zero-order valence-corrected chi connectivity index (χ0v) is 13.6. The molecule has 2 heterocycles. The Morgan fingerprint density at radius 1 is 1.29 bits per heavy atom. The summed E-state index contributed by atoms with van der Waals surface area (Å²) in [6.45, 7) is 10.1. The Hall–Kier alpha value is -1.81. The van der Waals surface area contributed by atoms with Crippen molar-refractivity contribution in [2.24, 2.45) is 0 Å². The first-order chi connectivity index (χ1) is 9.83. The third kappa shape index (κ3) is 4.90. The number of aromatic nitrogens is 1. The summed E-state index contributed by atoms with van der Waals surface area (Å²) in [7, 11) is 2.03. The number of pyridine rings is 1. The van der Waals surface area contributed by atoms with E-state index in [4.69, 9.17) is 4.42 Å². The maximum Gasteiger partial charge on any atom is 0.129 e. The van der Waals surface area contributed by atoms with E-state index in [1.165, 1.54) is 5.56 Å². The highest BCUT2D eigenvalue weighted by Gasteiger charge is 2.11. The van der Waals surface area contributed by atoms with Crippen molar-refractivity contribution in [2.75, 3.05) is 11.9 Å². The first-order valence-electron chi connectivity index (χ1n) is 7.29. The molecule has 0 aliphatic rings. The van der Waals surface area contributed by atoms with Gasteiger partial charge in [-0.15, -0.1) is 0 Å². The number of rotatable bonds is 5. The van der Waals surface area contributed by atoms with Crippen LogP contribution in [0.3, 0.4) is 0 Å². The van der Waals surface area contributed by atoms with Gasteiger partial charge in [0, 0.05) is 24.8 Å². The molecular weight excluding hydrogens is 262 g/mol. The van der Waals surface area contributed by atoms with Gasteiger partial charge >= 0.3 is 0 Å². The number of furan rings is 1. The molecule has 0 aliphatic heterocycles. The normalized spacial score (nSPS) is 11.7. The Balaban J connectivity index is 2.10. The van der Waals surface area contributed by atoms with Gasteiger partial charge in [0.15, 0.2) is 0 Å². The molecule has 1 N–H and O–H groups in total. The van der Waals surface area contributed by atoms with E-state index >= 15 is 0 Å². The average Bonchev–Trinajstić information content (AvgIpc) is 2.88. The van der Waals surface area contributed by atoms with Crippen molar-refractivity contribution in [3.05, 3.63) is 47.5 Å². The Labute approximate surface area is 127 Å². The predicted octanol–water partition coefficient (Wildman–Crippen LogP) is 3.51. The summed E-state index contributed by atoms with van der Waals surface area (Å²) >= 11 is 0. The fourth-order valence-corrected chi connectivity index (χ4v) is 2.10. The molecule has 0 aromatic carbocycles. The minimum atomic E-state index is 0.109. The molecule has 21 heavy (non-hydrogen) atoms. The topological polar surface area (TPSA) is 41.3 Å². The van der Waals surface area contributed by atoms with Gasteiger partial charge in [-0.2, -0.15) is 0 Å². The fraction of sp³-hybridized carbons (Fsp3) is 0.471. The van der Waals surface area contributed by atoms with E-state index in [2.05, 4.69) is 48.1 Å². The van der Waals surface area contributed by atoms with Gasteiger partial charge in [0.1, 0.15) is 11.6 Å². The van der Waals surface area contributed by atoms with Crippen molar-refractivity contribution in [1.29, 1.82) is 0 Å². The van der Waals surface area contributed by atoms with Crippen LogP contribution in [-0.4, -0.2) is 17.6 Å². The van der Waals surface area contributed by atoms with Crippen LogP contribution in [0, 0.1) is 6.92 Å². The first kappa shape index (κ1) is 15.6. The van der Waals surface area contributed by atoms with Crippen LogP contribution >= 0.6 is 0 Å². The standard InChI is InChI=1S/C17H25N3O/c1-13-9-14(11-18-17(2,3)4)10-16(19-13)20(5)12-15-7-6-8-21-15/h6-10,18H,11-12H2,1-5H3. The van der Waals surface area contributed by atoms with Crippen LogP contribution in [0.4, 0.5) is 5.82 Å². The van der Waals surface area contributed by atoms with Crippen molar-refractivity contribution in [2.45, 2.75) is 46.3 Å². The SMILES string of the molecule is Cc1cc(CNC(C)(C)C)cc(N(C)Cc2ccco2)n1. The zero-order valence-electron chi connectivity index (χ0n) is 13.6. The van der Waals surface area contributed by atoms with Gasteiger partial charge in [-0.3, -0.25) is 0 Å². The van der Waals surface area contributed by atoms with Crippen LogP contribution in [0.25, 0.3) is 0 Å². The number of aryl methyl sites for hydroxylation is 1. The first-order valence-corrected chi connectivity index (χ1v) is 7.29. The molecule has 0 saturated heterocycles. The molecule has 0 amide bonds. The third-order valence-corrected chi connectivity index (χ3v) is 3.19. The van der Waals surface area contributed by atoms with Crippen molar-refractivity contribution < 1.29 is 4.42 Å². The number of hydrogen-bond acceptors (Lipinski definition) is 4. The molecule has 2 rings (SSSR count). The van der Waals surface area contributed by atoms with Crippen LogP contribution in [0.5, 0.6) is 0 Å². The van der Waals surface area contributed by atoms with Gasteiger partial charge in [0.05, 0.1) is 12.8 Å². The molecule has 2 aromatic heterocycles. The molecule has 0 spiro atoms. The Kier molecular flexibility index (Phi) is 4.68. The van der Waals surface area contributed by atoms with Crippen LogP contribution in [0.1, 0.15) is 37.8 Å². The van der Waals surface area contributed by atoms with Crippen molar-refractivity contribution in [3.63, 3.8) is 0 Å². The Morgan fingerprint density at radius 3 is 2.67 bits per heavy atom. The van der Waals surface area contributed by atoms with Crippen molar-refractivity contribution in [1.82, 2.24) is 10.3 Å². The molecule has 0 fully saturated rings. The molecule has 4 heteroatoms. The van der Waals surface area contributed by atoms with Gasteiger partial charge < -0.3 is 14.6 Å². The highest BCUT2D eigenvalue weighted by molar-refractivity contribution is 5.42. The van der Waals surface area contributed by atoms with Crippen LogP contribution < -0.4 is 10.2 Å². The van der Waals surface area contributed by atoms with E-state index < -0.39 is 0 Å². The lowest BCUT2D eigenvalue weighted by Gasteiger charge is -2.22. The van der Waals surface area contributed by atoms with E-state index in [9.17, 15) is 0 Å². The summed E-state index contributed by atoms with van der Waals surface area (Å²) in [5, 5.41) is 3.51. The molecule has 0 bridgehead atoms. The minimum Gasteiger partial charge on any atom is -0.467 e. The van der Waals surface area contributed by atoms with E-state index in [1.54, 1.807) is 6.26 Å². The van der Waals surface area contributed by atoms with Crippen LogP contribution in [0.2, 0.25) is 0 Å². The highest BCUT2D eigenvalue weighted by Crippen LogP contribution is 2.17. The summed E-state index contributed by atoms with van der Waals surface area (Å²) in [4.78, 5) is 6.72. The molecule has 0 unspecified atom stereocenters. The number of hydrogen-bond donors (Lipinski definition) is 1. The van der Waals surface area contributed by atoms with Crippen LogP contribution in [0.15, 0.2) is 34.9 Å². The zero-order chi connectivity index (χ0) is 15.5. The van der Waals surface area contributed by atoms with Gasteiger partial charge in [0.25, 0.3) is 0 Å². The Morgan fingerprint density at radius 2 is 2.05 bits per heavy atom. The quantitative estimate of drug-likeness (QED) is 0.913. The van der Waals surface area contributed by atoms with Gasteiger partial charge in [-0.1, -0.05) is 0 Å². The molecule has 4 nitrogen and oxygen atoms in total. The smallest absolute Gasteiger partial charge is 0.129 e. The molecule has 2 aromatic rings. The third-order valence-electron chi connectivity index (χ3n) is 3.19. The second kappa shape index (κ2) is 6.31. The second-order valence-corrected chi connectivity index (χ2v) is 6.51. The van der Waals surface area contributed by atoms with E-state index in [1.807, 2.05) is 26.1 Å². The summed E-state index contributed by atoms with van der Waals surface area (Å²) in [6, 6.07) is 8.15. The summed E-state index contributed by atoms with van der Waals surface area (Å²) in [6.07, 6.45) is 1.70. The van der Waals surface area contributed by atoms with Crippen LogP contribution in [-0.2, 0) is 13.1 Å². The van der Waals surface area contributed by atoms with E-state index in [-0.39, 0.29) is 5.54 Å². The minimum absolute atomic E-state index is 0.109. The second-order valence-electron chi connectivity index (χ2n) is 6.51. The number of nitrogens with one attached hydrogen (secondary N) is 1. The van der Waals surface area contributed by atoms with Crippen molar-refractivity contribution >= 4 is 5.82 Å². The Bertz CT molecular complexity index is 570. The fourth-order valence-electron chi connectivity index (χ4n) is 2.10. The molecule has 0 atom stereocenters. The van der Waals surface area contributed by atoms with Gasteiger partial charge in [-0.25, -0.2) is 4.98 Å². The van der Waals surface area contributed by atoms with Gasteiger partial charge in [-0.05, 0) is 57.5 Å². The highest BCUT2D eigenvalue weighted by atomic mass is 16.3. The lowest BCUT2D eigenvalue weighted by atomic mass is 10.1. The molecule has 0 aliphatic carbocycles. The maximum atomic E-state index is 5.40. The lowest BCUT2D eigenvalue weighted by molar-refractivity contribution is 0.424. The molecule has 0 radical (unpaired) electrons. The number of anilines is 1.